The number of benzene rings is 2. The Labute approximate surface area is 211 Å². The molecule has 4 nitrogen and oxygen atoms in total. The molecule has 0 saturated heterocycles. The number of methoxy groups -OCH3 is 2. The van der Waals surface area contributed by atoms with Gasteiger partial charge in [0.2, 0.25) is 5.69 Å². The normalized spacial score (nSPS) is 19.0. The molecule has 2 aliphatic rings. The molecule has 0 unspecified atom stereocenters. The third-order valence-electron chi connectivity index (χ3n) is 7.14. The minimum Gasteiger partial charge on any atom is -1.00 e. The smallest absolute Gasteiger partial charge is 0.209 e. The van der Waals surface area contributed by atoms with Crippen LogP contribution in [0.5, 0.6) is 0 Å². The van der Waals surface area contributed by atoms with Crippen LogP contribution >= 0.6 is 0 Å². The van der Waals surface area contributed by atoms with Gasteiger partial charge in [-0.15, -0.1) is 0 Å². The summed E-state index contributed by atoms with van der Waals surface area (Å²) >= 11 is 0. The van der Waals surface area contributed by atoms with Crippen LogP contribution in [0.25, 0.3) is 0 Å². The Balaban J connectivity index is 0.00000324. The maximum atomic E-state index is 5.43. The van der Waals surface area contributed by atoms with Crippen LogP contribution in [0.15, 0.2) is 72.5 Å². The molecule has 0 aromatic heterocycles. The fraction of sp³-hybridized carbons (Fsp3) is 0.414. The van der Waals surface area contributed by atoms with Gasteiger partial charge in [-0.1, -0.05) is 56.3 Å². The van der Waals surface area contributed by atoms with Crippen LogP contribution < -0.4 is 17.3 Å². The first-order valence-corrected chi connectivity index (χ1v) is 11.8. The quantitative estimate of drug-likeness (QED) is 0.543. The number of hydrogen-bond donors (Lipinski definition) is 0. The van der Waals surface area contributed by atoms with Crippen LogP contribution in [0.3, 0.4) is 0 Å². The van der Waals surface area contributed by atoms with E-state index < -0.39 is 0 Å². The van der Waals surface area contributed by atoms with E-state index in [1.54, 1.807) is 14.2 Å². The predicted molar refractivity (Wildman–Crippen MR) is 137 cm³/mol. The van der Waals surface area contributed by atoms with Crippen LogP contribution in [-0.4, -0.2) is 50.8 Å². The van der Waals surface area contributed by atoms with Gasteiger partial charge in [-0.3, -0.25) is 0 Å². The first kappa shape index (κ1) is 26.2. The van der Waals surface area contributed by atoms with Crippen molar-refractivity contribution in [1.29, 1.82) is 0 Å². The van der Waals surface area contributed by atoms with Gasteiger partial charge in [0.1, 0.15) is 6.61 Å². The highest BCUT2D eigenvalue weighted by Crippen LogP contribution is 2.47. The van der Waals surface area contributed by atoms with Crippen molar-refractivity contribution < 1.29 is 26.5 Å². The lowest BCUT2D eigenvalue weighted by atomic mass is 9.81. The van der Waals surface area contributed by atoms with Gasteiger partial charge in [0.15, 0.2) is 12.3 Å². The number of rotatable bonds is 8. The van der Waals surface area contributed by atoms with Crippen molar-refractivity contribution in [3.8, 4) is 0 Å². The molecule has 0 radical (unpaired) electrons. The second-order valence-electron chi connectivity index (χ2n) is 9.87. The topological polar surface area (TPSA) is 24.7 Å². The summed E-state index contributed by atoms with van der Waals surface area (Å²) in [6.45, 7) is 12.3. The summed E-state index contributed by atoms with van der Waals surface area (Å²) in [5.74, 6) is 0. The summed E-state index contributed by atoms with van der Waals surface area (Å²) in [5, 5.41) is 0. The molecule has 2 heterocycles. The van der Waals surface area contributed by atoms with Gasteiger partial charge in [-0.2, -0.15) is 4.58 Å². The summed E-state index contributed by atoms with van der Waals surface area (Å²) in [5.41, 5.74) is 7.76. The highest BCUT2D eigenvalue weighted by Gasteiger charge is 2.44. The van der Waals surface area contributed by atoms with Crippen LogP contribution in [0.2, 0.25) is 0 Å². The Bertz CT molecular complexity index is 1110. The largest absolute Gasteiger partial charge is 1.00 e. The maximum Gasteiger partial charge on any atom is 0.209 e. The van der Waals surface area contributed by atoms with Crippen LogP contribution in [0, 0.1) is 0 Å². The monoisotopic (exact) mass is 480 g/mol. The highest BCUT2D eigenvalue weighted by atomic mass is 35.5. The molecular formula is C29H37ClN2O2. The molecule has 34 heavy (non-hydrogen) atoms. The Morgan fingerprint density at radius 2 is 1.50 bits per heavy atom. The fourth-order valence-electron chi connectivity index (χ4n) is 5.36. The zero-order chi connectivity index (χ0) is 23.6. The first-order valence-electron chi connectivity index (χ1n) is 11.8. The molecule has 0 aliphatic carbocycles. The molecule has 0 spiro atoms. The zero-order valence-corrected chi connectivity index (χ0v) is 22.0. The van der Waals surface area contributed by atoms with Crippen molar-refractivity contribution in [3.63, 3.8) is 0 Å². The third kappa shape index (κ3) is 4.47. The van der Waals surface area contributed by atoms with E-state index in [4.69, 9.17) is 9.47 Å². The van der Waals surface area contributed by atoms with Crippen LogP contribution in [0.1, 0.15) is 38.8 Å². The van der Waals surface area contributed by atoms with Gasteiger partial charge in [0, 0.05) is 55.3 Å². The summed E-state index contributed by atoms with van der Waals surface area (Å²) in [6.07, 6.45) is 6.80. The fourth-order valence-corrected chi connectivity index (χ4v) is 5.36. The highest BCUT2D eigenvalue weighted by molar-refractivity contribution is 6.03. The second-order valence-corrected chi connectivity index (χ2v) is 9.87. The van der Waals surface area contributed by atoms with Gasteiger partial charge < -0.3 is 26.8 Å². The van der Waals surface area contributed by atoms with Crippen LogP contribution in [0.4, 0.5) is 11.4 Å². The summed E-state index contributed by atoms with van der Waals surface area (Å²) in [6, 6.07) is 17.4. The van der Waals surface area contributed by atoms with Crippen molar-refractivity contribution in [3.05, 3.63) is 83.6 Å². The van der Waals surface area contributed by atoms with Crippen molar-refractivity contribution in [2.24, 2.45) is 0 Å². The predicted octanol–water partition coefficient (Wildman–Crippen LogP) is 2.60. The molecule has 182 valence electrons. The Kier molecular flexibility index (Phi) is 8.07. The lowest BCUT2D eigenvalue weighted by Crippen LogP contribution is -3.00. The average Bonchev–Trinajstić information content (AvgIpc) is 3.16. The number of nitrogens with zero attached hydrogens (tertiary/aromatic N) is 2. The maximum absolute atomic E-state index is 5.43. The molecule has 0 bridgehead atoms. The first-order chi connectivity index (χ1) is 15.8. The third-order valence-corrected chi connectivity index (χ3v) is 7.14. The summed E-state index contributed by atoms with van der Waals surface area (Å²) < 4.78 is 13.3. The average molecular weight is 481 g/mol. The molecule has 2 aromatic carbocycles. The molecule has 2 aromatic rings. The van der Waals surface area contributed by atoms with E-state index in [0.29, 0.717) is 13.2 Å². The molecule has 0 saturated carbocycles. The minimum atomic E-state index is -0.0662. The van der Waals surface area contributed by atoms with Gasteiger partial charge >= 0.3 is 0 Å². The van der Waals surface area contributed by atoms with E-state index in [9.17, 15) is 0 Å². The van der Waals surface area contributed by atoms with E-state index >= 15 is 0 Å². The van der Waals surface area contributed by atoms with Gasteiger partial charge in [0.05, 0.1) is 12.0 Å². The van der Waals surface area contributed by atoms with Crippen molar-refractivity contribution in [2.75, 3.05) is 45.4 Å². The number of hydrogen-bond acceptors (Lipinski definition) is 3. The SMILES string of the molecule is COCCN1/C(=C\C=C\C2=[N+](CCOC)c3ccccc3C2(C)C)C(C)(C)c2ccccc21.[Cl-]. The second kappa shape index (κ2) is 10.5. The minimum absolute atomic E-state index is 0. The number of ether oxygens (including phenoxy) is 2. The molecule has 2 aliphatic heterocycles. The molecule has 0 amide bonds. The Hall–Kier alpha value is -2.40. The van der Waals surface area contributed by atoms with E-state index in [2.05, 4.69) is 104 Å². The molecule has 0 fully saturated rings. The standard InChI is InChI=1S/C29H37N2O2.ClH/c1-28(2)22-12-7-9-14-24(22)30(18-20-32-5)26(28)16-11-17-27-29(3,4)23-13-8-10-15-25(23)31(27)19-21-33-6;/h7-17H,18-21H2,1-6H3;1H/q+1;/p-1. The van der Waals surface area contributed by atoms with Gasteiger partial charge in [-0.05, 0) is 31.6 Å². The zero-order valence-electron chi connectivity index (χ0n) is 21.3. The van der Waals surface area contributed by atoms with Crippen LogP contribution in [-0.2, 0) is 20.3 Å². The number of fused-ring (bicyclic) bond motifs is 2. The van der Waals surface area contributed by atoms with E-state index in [1.807, 2.05) is 0 Å². The van der Waals surface area contributed by atoms with Gasteiger partial charge in [0.25, 0.3) is 0 Å². The van der Waals surface area contributed by atoms with Gasteiger partial charge in [-0.25, -0.2) is 0 Å². The summed E-state index contributed by atoms with van der Waals surface area (Å²) in [4.78, 5) is 2.41. The lowest BCUT2D eigenvalue weighted by molar-refractivity contribution is -0.441. The number of para-hydroxylation sites is 2. The number of halogens is 1. The Morgan fingerprint density at radius 3 is 2.21 bits per heavy atom. The van der Waals surface area contributed by atoms with Crippen molar-refractivity contribution in [2.45, 2.75) is 38.5 Å². The lowest BCUT2D eigenvalue weighted by Gasteiger charge is -2.26. The molecule has 5 heteroatoms. The molecule has 0 atom stereocenters. The summed E-state index contributed by atoms with van der Waals surface area (Å²) in [7, 11) is 3.53. The molecule has 0 N–H and O–H groups in total. The molecular weight excluding hydrogens is 444 g/mol. The van der Waals surface area contributed by atoms with E-state index in [1.165, 1.54) is 33.9 Å². The van der Waals surface area contributed by atoms with E-state index in [0.717, 1.165) is 13.1 Å². The number of allylic oxidation sites excluding steroid dienone is 4. The molecule has 4 rings (SSSR count). The Morgan fingerprint density at radius 1 is 0.853 bits per heavy atom. The van der Waals surface area contributed by atoms with E-state index in [-0.39, 0.29) is 23.2 Å². The number of anilines is 1. The van der Waals surface area contributed by atoms with Crippen molar-refractivity contribution in [1.82, 2.24) is 0 Å². The van der Waals surface area contributed by atoms with Crippen molar-refractivity contribution >= 4 is 17.1 Å².